The first-order valence-electron chi connectivity index (χ1n) is 11.5. The minimum Gasteiger partial charge on any atom is -0.496 e. The summed E-state index contributed by atoms with van der Waals surface area (Å²) >= 11 is 1.54. The lowest BCUT2D eigenvalue weighted by molar-refractivity contribution is 0.105. The molecule has 4 rings (SSSR count). The van der Waals surface area contributed by atoms with Crippen LogP contribution >= 0.6 is 11.3 Å². The summed E-state index contributed by atoms with van der Waals surface area (Å²) in [5, 5.41) is 0. The summed E-state index contributed by atoms with van der Waals surface area (Å²) in [6.45, 7) is 2.82. The van der Waals surface area contributed by atoms with Gasteiger partial charge in [-0.25, -0.2) is 0 Å². The van der Waals surface area contributed by atoms with Crippen molar-refractivity contribution in [1.29, 1.82) is 0 Å². The van der Waals surface area contributed by atoms with Crippen molar-refractivity contribution in [2.75, 3.05) is 13.7 Å². The normalized spacial score (nSPS) is 10.9. The van der Waals surface area contributed by atoms with E-state index in [9.17, 15) is 4.79 Å². The van der Waals surface area contributed by atoms with Crippen LogP contribution in [-0.4, -0.2) is 19.5 Å². The van der Waals surface area contributed by atoms with E-state index in [1.54, 1.807) is 13.2 Å². The van der Waals surface area contributed by atoms with E-state index in [0.29, 0.717) is 24.7 Å². The maximum atomic E-state index is 12.8. The van der Waals surface area contributed by atoms with Gasteiger partial charge in [0.2, 0.25) is 0 Å². The standard InChI is InChI=1S/C30H28O4S/c1-3-33-28-11-7-8-12-29(28)34-21-24-19-23(14-17-27(24)32-2)13-16-26(31)30-18-15-25(35-30)20-22-9-5-4-6-10-22/h4-19H,3,20-21H2,1-2H3/b16-13+. The molecule has 0 amide bonds. The Kier molecular flexibility index (Phi) is 8.36. The Morgan fingerprint density at radius 1 is 0.857 bits per heavy atom. The molecule has 0 aliphatic carbocycles. The third kappa shape index (κ3) is 6.61. The van der Waals surface area contributed by atoms with Crippen LogP contribution in [0.2, 0.25) is 0 Å². The van der Waals surface area contributed by atoms with Gasteiger partial charge in [-0.15, -0.1) is 11.3 Å². The molecule has 3 aromatic carbocycles. The number of rotatable bonds is 11. The Morgan fingerprint density at radius 2 is 1.60 bits per heavy atom. The van der Waals surface area contributed by atoms with Crippen LogP contribution in [0.5, 0.6) is 17.2 Å². The number of ketones is 1. The number of methoxy groups -OCH3 is 1. The second kappa shape index (κ2) is 12.0. The smallest absolute Gasteiger partial charge is 0.195 e. The number of carbonyl (C=O) groups excluding carboxylic acids is 1. The van der Waals surface area contributed by atoms with Gasteiger partial charge in [0.25, 0.3) is 0 Å². The zero-order chi connectivity index (χ0) is 24.5. The van der Waals surface area contributed by atoms with Crippen LogP contribution in [0.4, 0.5) is 0 Å². The van der Waals surface area contributed by atoms with E-state index in [2.05, 4.69) is 12.1 Å². The van der Waals surface area contributed by atoms with E-state index in [-0.39, 0.29) is 5.78 Å². The average molecular weight is 485 g/mol. The monoisotopic (exact) mass is 484 g/mol. The number of ether oxygens (including phenoxy) is 3. The van der Waals surface area contributed by atoms with Crippen molar-refractivity contribution in [3.05, 3.63) is 117 Å². The van der Waals surface area contributed by atoms with Crippen molar-refractivity contribution in [2.45, 2.75) is 20.0 Å². The van der Waals surface area contributed by atoms with Gasteiger partial charge in [-0.2, -0.15) is 0 Å². The Hall–Kier alpha value is -3.83. The number of hydrogen-bond donors (Lipinski definition) is 0. The highest BCUT2D eigenvalue weighted by atomic mass is 32.1. The molecule has 0 saturated carbocycles. The molecule has 0 radical (unpaired) electrons. The molecule has 0 fully saturated rings. The number of carbonyl (C=O) groups is 1. The average Bonchev–Trinajstić information content (AvgIpc) is 3.36. The molecular weight excluding hydrogens is 456 g/mol. The maximum Gasteiger partial charge on any atom is 0.195 e. The third-order valence-electron chi connectivity index (χ3n) is 5.39. The van der Waals surface area contributed by atoms with Crippen LogP contribution in [0.1, 0.15) is 38.2 Å². The van der Waals surface area contributed by atoms with Crippen LogP contribution in [-0.2, 0) is 13.0 Å². The summed E-state index contributed by atoms with van der Waals surface area (Å²) in [5.41, 5.74) is 3.02. The largest absolute Gasteiger partial charge is 0.496 e. The van der Waals surface area contributed by atoms with E-state index in [0.717, 1.165) is 28.2 Å². The third-order valence-corrected chi connectivity index (χ3v) is 6.49. The number of para-hydroxylation sites is 2. The molecular formula is C30H28O4S. The van der Waals surface area contributed by atoms with Gasteiger partial charge in [0.1, 0.15) is 12.4 Å². The predicted molar refractivity (Wildman–Crippen MR) is 142 cm³/mol. The van der Waals surface area contributed by atoms with Gasteiger partial charge in [0.15, 0.2) is 17.3 Å². The van der Waals surface area contributed by atoms with Crippen LogP contribution < -0.4 is 14.2 Å². The Morgan fingerprint density at radius 3 is 2.34 bits per heavy atom. The number of hydrogen-bond acceptors (Lipinski definition) is 5. The number of allylic oxidation sites excluding steroid dienone is 1. The molecule has 35 heavy (non-hydrogen) atoms. The highest BCUT2D eigenvalue weighted by Gasteiger charge is 2.10. The van der Waals surface area contributed by atoms with Crippen LogP contribution in [0.15, 0.2) is 91.0 Å². The molecule has 5 heteroatoms. The molecule has 1 aromatic heterocycles. The molecule has 0 saturated heterocycles. The molecule has 178 valence electrons. The van der Waals surface area contributed by atoms with Crippen molar-refractivity contribution >= 4 is 23.2 Å². The minimum absolute atomic E-state index is 0.00595. The summed E-state index contributed by atoms with van der Waals surface area (Å²) in [6.07, 6.45) is 4.28. The number of benzene rings is 3. The maximum absolute atomic E-state index is 12.8. The molecule has 0 aliphatic rings. The molecule has 4 aromatic rings. The fraction of sp³-hybridized carbons (Fsp3) is 0.167. The van der Waals surface area contributed by atoms with Crippen molar-refractivity contribution in [2.24, 2.45) is 0 Å². The first-order valence-corrected chi connectivity index (χ1v) is 12.3. The van der Waals surface area contributed by atoms with Gasteiger partial charge in [-0.3, -0.25) is 4.79 Å². The fourth-order valence-corrected chi connectivity index (χ4v) is 4.63. The van der Waals surface area contributed by atoms with Gasteiger partial charge >= 0.3 is 0 Å². The van der Waals surface area contributed by atoms with Crippen LogP contribution in [0, 0.1) is 0 Å². The van der Waals surface area contributed by atoms with Crippen molar-refractivity contribution < 1.29 is 19.0 Å². The molecule has 0 spiro atoms. The zero-order valence-electron chi connectivity index (χ0n) is 19.9. The van der Waals surface area contributed by atoms with E-state index < -0.39 is 0 Å². The van der Waals surface area contributed by atoms with E-state index in [1.807, 2.05) is 85.8 Å². The Balaban J connectivity index is 1.43. The second-order valence-corrected chi connectivity index (χ2v) is 9.03. The van der Waals surface area contributed by atoms with Crippen LogP contribution in [0.3, 0.4) is 0 Å². The Bertz CT molecular complexity index is 1290. The molecule has 0 bridgehead atoms. The Labute approximate surface area is 210 Å². The first-order chi connectivity index (χ1) is 17.2. The molecule has 0 aliphatic heterocycles. The van der Waals surface area contributed by atoms with Crippen molar-refractivity contribution in [1.82, 2.24) is 0 Å². The quantitative estimate of drug-likeness (QED) is 0.166. The van der Waals surface area contributed by atoms with Crippen molar-refractivity contribution in [3.63, 3.8) is 0 Å². The predicted octanol–water partition coefficient (Wildman–Crippen LogP) is 7.22. The van der Waals surface area contributed by atoms with Gasteiger partial charge in [-0.05, 0) is 60.5 Å². The fourth-order valence-electron chi connectivity index (χ4n) is 3.67. The van der Waals surface area contributed by atoms with E-state index in [4.69, 9.17) is 14.2 Å². The van der Waals surface area contributed by atoms with Crippen LogP contribution in [0.25, 0.3) is 6.08 Å². The van der Waals surface area contributed by atoms with Gasteiger partial charge in [-0.1, -0.05) is 54.6 Å². The molecule has 1 heterocycles. The lowest BCUT2D eigenvalue weighted by atomic mass is 10.1. The molecule has 0 unspecified atom stereocenters. The lowest BCUT2D eigenvalue weighted by Crippen LogP contribution is -2.01. The highest BCUT2D eigenvalue weighted by Crippen LogP contribution is 2.29. The second-order valence-electron chi connectivity index (χ2n) is 7.87. The summed E-state index contributed by atoms with van der Waals surface area (Å²) in [4.78, 5) is 14.7. The summed E-state index contributed by atoms with van der Waals surface area (Å²) in [7, 11) is 1.63. The minimum atomic E-state index is -0.00595. The van der Waals surface area contributed by atoms with Gasteiger partial charge in [0, 0.05) is 16.9 Å². The van der Waals surface area contributed by atoms with Gasteiger partial charge < -0.3 is 14.2 Å². The molecule has 0 atom stereocenters. The van der Waals surface area contributed by atoms with E-state index in [1.165, 1.54) is 21.8 Å². The lowest BCUT2D eigenvalue weighted by Gasteiger charge is -2.14. The topological polar surface area (TPSA) is 44.8 Å². The van der Waals surface area contributed by atoms with E-state index >= 15 is 0 Å². The summed E-state index contributed by atoms with van der Waals surface area (Å²) < 4.78 is 17.2. The molecule has 4 nitrogen and oxygen atoms in total. The SMILES string of the molecule is CCOc1ccccc1OCc1cc(/C=C/C(=O)c2ccc(Cc3ccccc3)s2)ccc1OC. The zero-order valence-corrected chi connectivity index (χ0v) is 20.7. The highest BCUT2D eigenvalue weighted by molar-refractivity contribution is 7.14. The summed E-state index contributed by atoms with van der Waals surface area (Å²) in [6, 6.07) is 27.6. The first kappa shape index (κ1) is 24.3. The number of thiophene rings is 1. The van der Waals surface area contributed by atoms with Gasteiger partial charge in [0.05, 0.1) is 18.6 Å². The molecule has 0 N–H and O–H groups in total. The summed E-state index contributed by atoms with van der Waals surface area (Å²) in [5.74, 6) is 2.11. The van der Waals surface area contributed by atoms with Crippen molar-refractivity contribution in [3.8, 4) is 17.2 Å².